The van der Waals surface area contributed by atoms with Crippen LogP contribution in [0, 0.1) is 0 Å². The first-order valence-corrected chi connectivity index (χ1v) is 10.2. The second-order valence-corrected chi connectivity index (χ2v) is 7.85. The van der Waals surface area contributed by atoms with Gasteiger partial charge < -0.3 is 19.3 Å². The normalized spacial score (nSPS) is 19.8. The van der Waals surface area contributed by atoms with Crippen molar-refractivity contribution in [2.45, 2.75) is 18.7 Å². The Balaban J connectivity index is 1.63. The summed E-state index contributed by atoms with van der Waals surface area (Å²) in [6.07, 6.45) is 0.347. The molecule has 0 aliphatic carbocycles. The van der Waals surface area contributed by atoms with Gasteiger partial charge in [-0.25, -0.2) is 5.01 Å². The van der Waals surface area contributed by atoms with Crippen LogP contribution in [0.15, 0.2) is 59.0 Å². The van der Waals surface area contributed by atoms with Gasteiger partial charge in [0.2, 0.25) is 12.0 Å². The fourth-order valence-corrected chi connectivity index (χ4v) is 4.62. The molecule has 2 aliphatic rings. The molecule has 2 aromatic carbocycles. The lowest BCUT2D eigenvalue weighted by molar-refractivity contribution is -0.0192. The Hall–Kier alpha value is -3.19. The number of fused-ring (bicyclic) bond motifs is 3. The number of methoxy groups -OCH3 is 2. The van der Waals surface area contributed by atoms with E-state index in [9.17, 15) is 5.11 Å². The highest BCUT2D eigenvalue weighted by molar-refractivity contribution is 7.12. The predicted molar refractivity (Wildman–Crippen MR) is 111 cm³/mol. The first kappa shape index (κ1) is 17.9. The number of phenols is 1. The molecule has 3 heterocycles. The van der Waals surface area contributed by atoms with E-state index in [1.54, 1.807) is 23.5 Å². The maximum absolute atomic E-state index is 10.3. The zero-order chi connectivity index (χ0) is 20.0. The Labute approximate surface area is 172 Å². The Kier molecular flexibility index (Phi) is 4.32. The highest BCUT2D eigenvalue weighted by atomic mass is 32.1. The Morgan fingerprint density at radius 2 is 1.86 bits per heavy atom. The first-order chi connectivity index (χ1) is 14.2. The number of phenolic OH excluding ortho intramolecular Hbond substituents is 1. The summed E-state index contributed by atoms with van der Waals surface area (Å²) >= 11 is 1.69. The number of hydrazone groups is 1. The number of hydrogen-bond acceptors (Lipinski definition) is 7. The molecule has 0 bridgehead atoms. The molecule has 29 heavy (non-hydrogen) atoms. The summed E-state index contributed by atoms with van der Waals surface area (Å²) in [5.41, 5.74) is 2.97. The lowest BCUT2D eigenvalue weighted by Crippen LogP contribution is -2.33. The van der Waals surface area contributed by atoms with Crippen molar-refractivity contribution >= 4 is 17.0 Å². The van der Waals surface area contributed by atoms with E-state index in [1.807, 2.05) is 29.3 Å². The molecule has 0 saturated heterocycles. The zero-order valence-electron chi connectivity index (χ0n) is 16.0. The Bertz CT molecular complexity index is 1060. The van der Waals surface area contributed by atoms with Crippen molar-refractivity contribution in [3.8, 4) is 23.0 Å². The smallest absolute Gasteiger partial charge is 0.214 e. The first-order valence-electron chi connectivity index (χ1n) is 9.29. The molecule has 1 N–H and O–H groups in total. The highest BCUT2D eigenvalue weighted by Crippen LogP contribution is 2.49. The summed E-state index contributed by atoms with van der Waals surface area (Å²) in [6, 6.07) is 15.8. The number of aromatic hydroxyl groups is 1. The number of rotatable bonds is 4. The number of thiophene rings is 1. The molecule has 1 aromatic heterocycles. The monoisotopic (exact) mass is 408 g/mol. The van der Waals surface area contributed by atoms with Gasteiger partial charge in [0.25, 0.3) is 0 Å². The Morgan fingerprint density at radius 3 is 2.55 bits per heavy atom. The summed E-state index contributed by atoms with van der Waals surface area (Å²) < 4.78 is 17.0. The van der Waals surface area contributed by atoms with Crippen molar-refractivity contribution in [2.75, 3.05) is 14.2 Å². The molecule has 0 radical (unpaired) electrons. The summed E-state index contributed by atoms with van der Waals surface area (Å²) in [5, 5.41) is 19.3. The van der Waals surface area contributed by atoms with Gasteiger partial charge in [0.05, 0.1) is 30.9 Å². The standard InChI is InChI=1S/C22H20N2O4S/c1-26-18-10-13(11-19(27-2)21(18)25)22-24-16(14-6-3-4-7-17(14)28-22)12-15(23-24)20-8-5-9-29-20/h3-11,16,22,25H,12H2,1-2H3/t16-,22+/m0/s1. The van der Waals surface area contributed by atoms with Crippen LogP contribution in [0.3, 0.4) is 0 Å². The molecule has 6 nitrogen and oxygen atoms in total. The second-order valence-electron chi connectivity index (χ2n) is 6.91. The molecule has 0 saturated carbocycles. The van der Waals surface area contributed by atoms with E-state index in [1.165, 1.54) is 14.2 Å². The van der Waals surface area contributed by atoms with Crippen LogP contribution in [0.4, 0.5) is 0 Å². The SMILES string of the molecule is COc1cc([C@H]2Oc3ccccc3[C@@H]3CC(c4cccs4)=NN23)cc(OC)c1O. The number of hydrogen-bond donors (Lipinski definition) is 1. The van der Waals surface area contributed by atoms with Gasteiger partial charge in [-0.3, -0.25) is 0 Å². The molecule has 0 fully saturated rings. The van der Waals surface area contributed by atoms with Crippen LogP contribution in [0.1, 0.15) is 34.7 Å². The summed E-state index contributed by atoms with van der Waals surface area (Å²) in [7, 11) is 3.03. The van der Waals surface area contributed by atoms with E-state index in [2.05, 4.69) is 17.5 Å². The van der Waals surface area contributed by atoms with Gasteiger partial charge in [-0.15, -0.1) is 11.3 Å². The van der Waals surface area contributed by atoms with Gasteiger partial charge >= 0.3 is 0 Å². The van der Waals surface area contributed by atoms with Crippen molar-refractivity contribution in [3.63, 3.8) is 0 Å². The third kappa shape index (κ3) is 2.89. The fourth-order valence-electron chi connectivity index (χ4n) is 3.90. The third-order valence-corrected chi connectivity index (χ3v) is 6.21. The molecular formula is C22H20N2O4S. The topological polar surface area (TPSA) is 63.5 Å². The molecular weight excluding hydrogens is 388 g/mol. The predicted octanol–water partition coefficient (Wildman–Crippen LogP) is 4.71. The number of nitrogens with zero attached hydrogens (tertiary/aromatic N) is 2. The second kappa shape index (κ2) is 7.00. The van der Waals surface area contributed by atoms with Gasteiger partial charge in [-0.1, -0.05) is 24.3 Å². The minimum absolute atomic E-state index is 0.0318. The van der Waals surface area contributed by atoms with Crippen molar-refractivity contribution in [1.29, 1.82) is 0 Å². The van der Waals surface area contributed by atoms with Gasteiger partial charge in [0, 0.05) is 17.5 Å². The maximum Gasteiger partial charge on any atom is 0.214 e. The van der Waals surface area contributed by atoms with E-state index >= 15 is 0 Å². The van der Waals surface area contributed by atoms with Crippen LogP contribution in [0.2, 0.25) is 0 Å². The third-order valence-electron chi connectivity index (χ3n) is 5.29. The minimum Gasteiger partial charge on any atom is -0.502 e. The van der Waals surface area contributed by atoms with Crippen molar-refractivity contribution in [3.05, 3.63) is 69.9 Å². The van der Waals surface area contributed by atoms with E-state index in [-0.39, 0.29) is 11.8 Å². The lowest BCUT2D eigenvalue weighted by atomic mass is 9.97. The van der Waals surface area contributed by atoms with E-state index in [4.69, 9.17) is 19.3 Å². The zero-order valence-corrected chi connectivity index (χ0v) is 16.8. The molecule has 0 amide bonds. The van der Waals surface area contributed by atoms with Crippen molar-refractivity contribution in [1.82, 2.24) is 5.01 Å². The van der Waals surface area contributed by atoms with E-state index < -0.39 is 6.23 Å². The molecule has 3 aromatic rings. The fraction of sp³-hybridized carbons (Fsp3) is 0.227. The van der Waals surface area contributed by atoms with Crippen LogP contribution >= 0.6 is 11.3 Å². The maximum atomic E-state index is 10.3. The van der Waals surface area contributed by atoms with Gasteiger partial charge in [0.15, 0.2) is 11.5 Å². The molecule has 0 unspecified atom stereocenters. The average molecular weight is 408 g/mol. The molecule has 0 spiro atoms. The van der Waals surface area contributed by atoms with Crippen molar-refractivity contribution < 1.29 is 19.3 Å². The number of benzene rings is 2. The molecule has 7 heteroatoms. The van der Waals surface area contributed by atoms with E-state index in [0.717, 1.165) is 33.9 Å². The molecule has 2 atom stereocenters. The molecule has 2 aliphatic heterocycles. The number of ether oxygens (including phenoxy) is 3. The van der Waals surface area contributed by atoms with Crippen LogP contribution in [-0.2, 0) is 0 Å². The number of para-hydroxylation sites is 1. The van der Waals surface area contributed by atoms with Crippen LogP contribution in [-0.4, -0.2) is 30.0 Å². The largest absolute Gasteiger partial charge is 0.502 e. The average Bonchev–Trinajstić information content (AvgIpc) is 3.43. The van der Waals surface area contributed by atoms with Crippen molar-refractivity contribution in [2.24, 2.45) is 5.10 Å². The Morgan fingerprint density at radius 1 is 1.10 bits per heavy atom. The van der Waals surface area contributed by atoms with Gasteiger partial charge in [0.1, 0.15) is 5.75 Å². The van der Waals surface area contributed by atoms with Crippen LogP contribution in [0.5, 0.6) is 23.0 Å². The van der Waals surface area contributed by atoms with Crippen LogP contribution in [0.25, 0.3) is 0 Å². The molecule has 148 valence electrons. The minimum atomic E-state index is -0.462. The summed E-state index contributed by atoms with van der Waals surface area (Å²) in [6.45, 7) is 0. The quantitative estimate of drug-likeness (QED) is 0.677. The van der Waals surface area contributed by atoms with E-state index in [0.29, 0.717) is 11.5 Å². The lowest BCUT2D eigenvalue weighted by Gasteiger charge is -2.38. The molecule has 5 rings (SSSR count). The van der Waals surface area contributed by atoms with Crippen LogP contribution < -0.4 is 14.2 Å². The van der Waals surface area contributed by atoms with Gasteiger partial charge in [-0.05, 0) is 29.6 Å². The van der Waals surface area contributed by atoms with Gasteiger partial charge in [-0.2, -0.15) is 5.10 Å². The highest BCUT2D eigenvalue weighted by Gasteiger charge is 2.41. The summed E-state index contributed by atoms with van der Waals surface area (Å²) in [4.78, 5) is 1.16. The summed E-state index contributed by atoms with van der Waals surface area (Å²) in [5.74, 6) is 1.48.